The zero-order valence-electron chi connectivity index (χ0n) is 28.2. The normalized spacial score (nSPS) is 16.8. The Kier molecular flexibility index (Phi) is 6.56. The van der Waals surface area contributed by atoms with Crippen molar-refractivity contribution >= 4 is 109 Å². The van der Waals surface area contributed by atoms with Crippen molar-refractivity contribution in [2.45, 2.75) is 34.6 Å². The molecule has 0 aromatic heterocycles. The van der Waals surface area contributed by atoms with Gasteiger partial charge in [0.2, 0.25) is 0 Å². The van der Waals surface area contributed by atoms with Gasteiger partial charge in [0.1, 0.15) is 0 Å². The third-order valence-electron chi connectivity index (χ3n) is 10.3. The van der Waals surface area contributed by atoms with Crippen molar-refractivity contribution in [3.05, 3.63) is 133 Å². The first-order chi connectivity index (χ1) is 24.4. The first kappa shape index (κ1) is 32.0. The Morgan fingerprint density at radius 2 is 0.784 bits per heavy atom. The molecule has 0 N–H and O–H groups in total. The van der Waals surface area contributed by atoms with E-state index >= 15 is 0 Å². The predicted molar refractivity (Wildman–Crippen MR) is 212 cm³/mol. The van der Waals surface area contributed by atoms with Gasteiger partial charge in [0.05, 0.1) is 0 Å². The van der Waals surface area contributed by atoms with Crippen LogP contribution in [0.4, 0.5) is 34.1 Å². The monoisotopic (exact) mass is 858 g/mol. The van der Waals surface area contributed by atoms with Crippen molar-refractivity contribution in [3.8, 4) is 23.0 Å². The molecule has 4 heterocycles. The Hall–Kier alpha value is -3.70. The van der Waals surface area contributed by atoms with Crippen molar-refractivity contribution in [3.63, 3.8) is 0 Å². The van der Waals surface area contributed by atoms with E-state index < -0.39 is 18.2 Å². The molecule has 0 unspecified atom stereocenters. The molecule has 0 fully saturated rings. The summed E-state index contributed by atoms with van der Waals surface area (Å²) in [5, 5.41) is 0.547. The number of rotatable bonds is 2. The quantitative estimate of drug-likeness (QED) is 0.0983. The first-order valence-electron chi connectivity index (χ1n) is 16.6. The van der Waals surface area contributed by atoms with E-state index in [1.807, 2.05) is 0 Å². The molecule has 0 radical (unpaired) electrons. The summed E-state index contributed by atoms with van der Waals surface area (Å²) in [6, 6.07) is 30.2. The van der Waals surface area contributed by atoms with Crippen LogP contribution in [0.3, 0.4) is 0 Å². The van der Waals surface area contributed by atoms with Gasteiger partial charge in [0.25, 0.3) is 0 Å². The third kappa shape index (κ3) is 3.92. The van der Waals surface area contributed by atoms with Gasteiger partial charge in [-0.25, -0.2) is 0 Å². The van der Waals surface area contributed by atoms with Crippen LogP contribution in [0.2, 0.25) is 20.1 Å². The minimum atomic E-state index is -5.94. The van der Waals surface area contributed by atoms with Crippen LogP contribution in [0.5, 0.6) is 23.0 Å². The summed E-state index contributed by atoms with van der Waals surface area (Å²) < 4.78 is 25.3. The zero-order valence-corrected chi connectivity index (χ0v) is 33.7. The molecule has 0 aliphatic carbocycles. The number of hydrogen-bond acceptors (Lipinski definition) is 5. The summed E-state index contributed by atoms with van der Waals surface area (Å²) in [4.78, 5) is 4.64. The van der Waals surface area contributed by atoms with E-state index in [-0.39, 0.29) is 20.1 Å². The summed E-state index contributed by atoms with van der Waals surface area (Å²) in [6.45, 7) is 10.5. The molecule has 0 amide bonds. The van der Waals surface area contributed by atoms with E-state index in [9.17, 15) is 0 Å². The number of ether oxygens (including phenoxy) is 1. The summed E-state index contributed by atoms with van der Waals surface area (Å²) in [6.07, 6.45) is 0. The molecule has 4 aliphatic heterocycles. The van der Waals surface area contributed by atoms with Crippen LogP contribution in [0.1, 0.15) is 27.8 Å². The minimum absolute atomic E-state index is 0.115. The van der Waals surface area contributed by atoms with Gasteiger partial charge in [-0.15, -0.1) is 0 Å². The maximum atomic E-state index is 7.77. The third-order valence-corrected chi connectivity index (χ3v) is 25.9. The van der Waals surface area contributed by atoms with Gasteiger partial charge >= 0.3 is 320 Å². The Balaban J connectivity index is 1.46. The summed E-state index contributed by atoms with van der Waals surface area (Å²) in [5.41, 5.74) is 11.2. The molecule has 0 saturated heterocycles. The number of halogens is 4. The van der Waals surface area contributed by atoms with Gasteiger partial charge in [-0.1, -0.05) is 0 Å². The Bertz CT molecular complexity index is 2420. The second-order valence-electron chi connectivity index (χ2n) is 13.9. The van der Waals surface area contributed by atoms with Crippen LogP contribution in [0.25, 0.3) is 0 Å². The Morgan fingerprint density at radius 3 is 1.18 bits per heavy atom. The van der Waals surface area contributed by atoms with Crippen LogP contribution in [-0.4, -0.2) is 18.2 Å². The molecular weight excluding hydrogens is 832 g/mol. The molecule has 6 aromatic rings. The average molecular weight is 861 g/mol. The molecule has 4 aliphatic rings. The SMILES string of the molecule is Cc1ccc(N2c3cc(C)cc4[c]3[Sb]35([O]c6c(Cl)c(Cl)c(Cl)c(Cl)c6[O]3)[c]3c(cc(C)cc3N(c3ccc(C)cc3)c3cc(C)cc2[c]35)O4)cc1. The maximum absolute atomic E-state index is 7.77. The van der Waals surface area contributed by atoms with Gasteiger partial charge in [-0.2, -0.15) is 0 Å². The van der Waals surface area contributed by atoms with Gasteiger partial charge < -0.3 is 0 Å². The van der Waals surface area contributed by atoms with E-state index in [1.54, 1.807) is 0 Å². The number of fused-ring (bicyclic) bond motifs is 1. The standard InChI is InChI=1S/C35H29N2O.C6H2Cl4O2.Sb/c1-23-6-10-28(11-7-23)36-30-14-25(3)15-31(20-30)37(29-12-8-24(2)9-13-29)33-17-27(5)19-35(22-33)38-34-18-26(4)16-32(36)21-34;7-1-2(8)4(10)6(12)5(11)3(1)9;/h6-19H,1-5H3;11-12H;/q;;+2/p-2. The van der Waals surface area contributed by atoms with E-state index in [0.29, 0.717) is 23.0 Å². The number of aryl methyl sites for hydroxylation is 5. The molecule has 6 aromatic carbocycles. The zero-order chi connectivity index (χ0) is 35.3. The molecule has 1 spiro atoms. The molecule has 10 rings (SSSR count). The van der Waals surface area contributed by atoms with Gasteiger partial charge in [0.15, 0.2) is 0 Å². The van der Waals surface area contributed by atoms with Crippen molar-refractivity contribution in [2.24, 2.45) is 0 Å². The molecule has 5 nitrogen and oxygen atoms in total. The van der Waals surface area contributed by atoms with Crippen molar-refractivity contribution in [1.82, 2.24) is 0 Å². The molecule has 10 heteroatoms. The molecule has 254 valence electrons. The van der Waals surface area contributed by atoms with E-state index in [0.717, 1.165) is 61.3 Å². The Morgan fingerprint density at radius 1 is 0.431 bits per heavy atom. The summed E-state index contributed by atoms with van der Waals surface area (Å²) in [5.74, 6) is 1.93. The van der Waals surface area contributed by atoms with Crippen molar-refractivity contribution in [2.75, 3.05) is 9.80 Å². The Labute approximate surface area is 318 Å². The van der Waals surface area contributed by atoms with E-state index in [2.05, 4.69) is 129 Å². The predicted octanol–water partition coefficient (Wildman–Crippen LogP) is 11.4. The van der Waals surface area contributed by atoms with Crippen LogP contribution < -0.4 is 31.1 Å². The number of anilines is 6. The fourth-order valence-electron chi connectivity index (χ4n) is 8.32. The fraction of sp³-hybridized carbons (Fsp3) is 0.122. The fourth-order valence-corrected chi connectivity index (χ4v) is 25.6. The summed E-state index contributed by atoms with van der Waals surface area (Å²) in [7, 11) is 0. The summed E-state index contributed by atoms with van der Waals surface area (Å²) >= 11 is 21.8. The molecule has 0 atom stereocenters. The second kappa shape index (κ2) is 10.5. The van der Waals surface area contributed by atoms with Gasteiger partial charge in [-0.05, 0) is 0 Å². The second-order valence-corrected chi connectivity index (χ2v) is 25.8. The first-order valence-corrected chi connectivity index (χ1v) is 24.0. The van der Waals surface area contributed by atoms with Gasteiger partial charge in [-0.3, -0.25) is 0 Å². The average Bonchev–Trinajstić information content (AvgIpc) is 3.43. The van der Waals surface area contributed by atoms with Crippen molar-refractivity contribution < 1.29 is 10.8 Å². The van der Waals surface area contributed by atoms with Crippen molar-refractivity contribution in [1.29, 1.82) is 0 Å². The van der Waals surface area contributed by atoms with E-state index in [4.69, 9.17) is 57.2 Å². The number of benzene rings is 6. The number of nitrogens with zero attached hydrogens (tertiary/aromatic N) is 2. The van der Waals surface area contributed by atoms with Crippen LogP contribution in [-0.2, 0) is 0 Å². The molecular formula is C41H29Cl4N2O3Sb. The van der Waals surface area contributed by atoms with Crippen LogP contribution in [0.15, 0.2) is 84.9 Å². The van der Waals surface area contributed by atoms with Crippen LogP contribution in [0, 0.1) is 34.6 Å². The number of hydrogen-bond donors (Lipinski definition) is 0. The van der Waals surface area contributed by atoms with E-state index in [1.165, 1.54) is 11.1 Å². The van der Waals surface area contributed by atoms with Crippen LogP contribution >= 0.6 is 46.4 Å². The molecule has 0 bridgehead atoms. The van der Waals surface area contributed by atoms with Gasteiger partial charge in [0, 0.05) is 0 Å². The molecule has 0 saturated carbocycles. The topological polar surface area (TPSA) is 34.2 Å². The molecule has 51 heavy (non-hydrogen) atoms.